The van der Waals surface area contributed by atoms with E-state index in [0.717, 1.165) is 5.56 Å². The SMILES string of the molecule is CC(C)C[C@@H](O)C(=O)N[C@@H](C/C=C/c1ccccc1)C(=O)O. The number of hydrogen-bond acceptors (Lipinski definition) is 3. The first-order valence-electron chi connectivity index (χ1n) is 7.33. The smallest absolute Gasteiger partial charge is 0.326 e. The summed E-state index contributed by atoms with van der Waals surface area (Å²) in [6.45, 7) is 3.77. The highest BCUT2D eigenvalue weighted by atomic mass is 16.4. The highest BCUT2D eigenvalue weighted by molar-refractivity contribution is 5.86. The first kappa shape index (κ1) is 17.9. The highest BCUT2D eigenvalue weighted by Crippen LogP contribution is 2.07. The number of carboxylic acid groups (broad SMARTS) is 1. The fourth-order valence-corrected chi connectivity index (χ4v) is 1.95. The van der Waals surface area contributed by atoms with Crippen molar-refractivity contribution < 1.29 is 19.8 Å². The van der Waals surface area contributed by atoms with Gasteiger partial charge in [-0.1, -0.05) is 56.3 Å². The van der Waals surface area contributed by atoms with Crippen molar-refractivity contribution >= 4 is 18.0 Å². The molecule has 3 N–H and O–H groups in total. The Morgan fingerprint density at radius 2 is 1.86 bits per heavy atom. The second-order valence-electron chi connectivity index (χ2n) is 5.59. The molecular formula is C17H23NO4. The number of hydrogen-bond donors (Lipinski definition) is 3. The van der Waals surface area contributed by atoms with Crippen molar-refractivity contribution in [2.24, 2.45) is 5.92 Å². The molecule has 0 bridgehead atoms. The first-order valence-corrected chi connectivity index (χ1v) is 7.33. The van der Waals surface area contributed by atoms with Crippen molar-refractivity contribution in [3.05, 3.63) is 42.0 Å². The van der Waals surface area contributed by atoms with Crippen molar-refractivity contribution in [1.82, 2.24) is 5.32 Å². The minimum atomic E-state index is -1.18. The molecule has 1 amide bonds. The van der Waals surface area contributed by atoms with Crippen molar-refractivity contribution in [2.45, 2.75) is 38.8 Å². The Labute approximate surface area is 130 Å². The maximum absolute atomic E-state index is 11.8. The molecular weight excluding hydrogens is 282 g/mol. The van der Waals surface area contributed by atoms with Crippen LogP contribution in [-0.4, -0.2) is 34.2 Å². The van der Waals surface area contributed by atoms with E-state index in [1.807, 2.05) is 44.2 Å². The van der Waals surface area contributed by atoms with Gasteiger partial charge in [0, 0.05) is 0 Å². The number of carboxylic acids is 1. The summed E-state index contributed by atoms with van der Waals surface area (Å²) in [7, 11) is 0. The third kappa shape index (κ3) is 6.54. The van der Waals surface area contributed by atoms with Crippen LogP contribution in [0.4, 0.5) is 0 Å². The Morgan fingerprint density at radius 3 is 2.41 bits per heavy atom. The molecule has 0 saturated heterocycles. The van der Waals surface area contributed by atoms with E-state index in [0.29, 0.717) is 6.42 Å². The third-order valence-corrected chi connectivity index (χ3v) is 3.09. The van der Waals surface area contributed by atoms with Crippen LogP contribution < -0.4 is 5.32 Å². The van der Waals surface area contributed by atoms with Gasteiger partial charge < -0.3 is 15.5 Å². The first-order chi connectivity index (χ1) is 10.4. The van der Waals surface area contributed by atoms with Gasteiger partial charge >= 0.3 is 5.97 Å². The molecule has 0 heterocycles. The van der Waals surface area contributed by atoms with Gasteiger partial charge in [-0.25, -0.2) is 4.79 Å². The zero-order valence-corrected chi connectivity index (χ0v) is 12.9. The van der Waals surface area contributed by atoms with Crippen LogP contribution >= 0.6 is 0 Å². The zero-order valence-electron chi connectivity index (χ0n) is 12.9. The topological polar surface area (TPSA) is 86.6 Å². The van der Waals surface area contributed by atoms with E-state index in [2.05, 4.69) is 5.32 Å². The summed E-state index contributed by atoms with van der Waals surface area (Å²) >= 11 is 0. The number of carbonyl (C=O) groups excluding carboxylic acids is 1. The minimum absolute atomic E-state index is 0.155. The average molecular weight is 305 g/mol. The molecule has 5 nitrogen and oxygen atoms in total. The van der Waals surface area contributed by atoms with E-state index in [1.165, 1.54) is 0 Å². The van der Waals surface area contributed by atoms with Gasteiger partial charge in [0.2, 0.25) is 5.91 Å². The summed E-state index contributed by atoms with van der Waals surface area (Å²) in [6, 6.07) is 8.42. The Morgan fingerprint density at radius 1 is 1.23 bits per heavy atom. The molecule has 2 atom stereocenters. The molecule has 5 heteroatoms. The molecule has 0 aliphatic rings. The van der Waals surface area contributed by atoms with E-state index < -0.39 is 24.0 Å². The van der Waals surface area contributed by atoms with Crippen LogP contribution in [0.25, 0.3) is 6.08 Å². The maximum atomic E-state index is 11.8. The van der Waals surface area contributed by atoms with E-state index >= 15 is 0 Å². The van der Waals surface area contributed by atoms with Gasteiger partial charge in [-0.05, 0) is 24.3 Å². The van der Waals surface area contributed by atoms with Gasteiger partial charge in [-0.15, -0.1) is 0 Å². The lowest BCUT2D eigenvalue weighted by atomic mass is 10.0. The number of carbonyl (C=O) groups is 2. The number of amides is 1. The lowest BCUT2D eigenvalue weighted by molar-refractivity contribution is -0.143. The van der Waals surface area contributed by atoms with Crippen molar-refractivity contribution in [3.63, 3.8) is 0 Å². The molecule has 0 fully saturated rings. The van der Waals surface area contributed by atoms with E-state index in [4.69, 9.17) is 5.11 Å². The number of aliphatic hydroxyl groups is 1. The number of nitrogens with one attached hydrogen (secondary N) is 1. The maximum Gasteiger partial charge on any atom is 0.326 e. The summed E-state index contributed by atoms with van der Waals surface area (Å²) in [4.78, 5) is 23.0. The number of aliphatic carboxylic acids is 1. The summed E-state index contributed by atoms with van der Waals surface area (Å²) in [6.07, 6.45) is 2.78. The average Bonchev–Trinajstić information content (AvgIpc) is 2.46. The predicted octanol–water partition coefficient (Wildman–Crippen LogP) is 2.07. The normalized spacial score (nSPS) is 14.0. The predicted molar refractivity (Wildman–Crippen MR) is 85.1 cm³/mol. The Balaban J connectivity index is 2.57. The highest BCUT2D eigenvalue weighted by Gasteiger charge is 2.23. The zero-order chi connectivity index (χ0) is 16.5. The summed E-state index contributed by atoms with van der Waals surface area (Å²) in [5, 5.41) is 21.2. The van der Waals surface area contributed by atoms with Crippen LogP contribution in [0, 0.1) is 5.92 Å². The van der Waals surface area contributed by atoms with E-state index in [9.17, 15) is 14.7 Å². The second kappa shape index (κ2) is 9.00. The number of benzene rings is 1. The standard InChI is InChI=1S/C17H23NO4/c1-12(2)11-15(19)16(20)18-14(17(21)22)10-6-9-13-7-4-3-5-8-13/h3-9,12,14-15,19H,10-11H2,1-2H3,(H,18,20)(H,21,22)/b9-6+/t14-,15+/m0/s1. The third-order valence-electron chi connectivity index (χ3n) is 3.09. The molecule has 1 rings (SSSR count). The molecule has 0 saturated carbocycles. The molecule has 0 unspecified atom stereocenters. The molecule has 0 aromatic heterocycles. The van der Waals surface area contributed by atoms with Crippen LogP contribution in [0.3, 0.4) is 0 Å². The molecule has 0 aliphatic carbocycles. The summed E-state index contributed by atoms with van der Waals surface area (Å²) < 4.78 is 0. The Bertz CT molecular complexity index is 511. The largest absolute Gasteiger partial charge is 0.480 e. The fraction of sp³-hybridized carbons (Fsp3) is 0.412. The van der Waals surface area contributed by atoms with Gasteiger partial charge in [0.1, 0.15) is 12.1 Å². The Hall–Kier alpha value is -2.14. The quantitative estimate of drug-likeness (QED) is 0.686. The molecule has 0 spiro atoms. The van der Waals surface area contributed by atoms with Crippen molar-refractivity contribution in [2.75, 3.05) is 0 Å². The molecule has 0 radical (unpaired) electrons. The summed E-state index contributed by atoms with van der Waals surface area (Å²) in [5.74, 6) is -1.61. The molecule has 0 aliphatic heterocycles. The van der Waals surface area contributed by atoms with E-state index in [-0.39, 0.29) is 12.3 Å². The molecule has 1 aromatic carbocycles. The van der Waals surface area contributed by atoms with Gasteiger partial charge in [0.25, 0.3) is 0 Å². The number of rotatable bonds is 8. The second-order valence-corrected chi connectivity index (χ2v) is 5.59. The van der Waals surface area contributed by atoms with E-state index in [1.54, 1.807) is 12.2 Å². The lowest BCUT2D eigenvalue weighted by Crippen LogP contribution is -2.45. The van der Waals surface area contributed by atoms with Crippen LogP contribution in [0.2, 0.25) is 0 Å². The van der Waals surface area contributed by atoms with Crippen LogP contribution in [0.15, 0.2) is 36.4 Å². The molecule has 1 aromatic rings. The summed E-state index contributed by atoms with van der Waals surface area (Å²) in [5.41, 5.74) is 0.956. The van der Waals surface area contributed by atoms with Crippen LogP contribution in [-0.2, 0) is 9.59 Å². The van der Waals surface area contributed by atoms with Gasteiger partial charge in [-0.2, -0.15) is 0 Å². The van der Waals surface area contributed by atoms with Crippen LogP contribution in [0.1, 0.15) is 32.3 Å². The van der Waals surface area contributed by atoms with Crippen molar-refractivity contribution in [3.8, 4) is 0 Å². The van der Waals surface area contributed by atoms with Crippen LogP contribution in [0.5, 0.6) is 0 Å². The van der Waals surface area contributed by atoms with Crippen molar-refractivity contribution in [1.29, 1.82) is 0 Å². The fourth-order valence-electron chi connectivity index (χ4n) is 1.95. The monoisotopic (exact) mass is 305 g/mol. The molecule has 120 valence electrons. The van der Waals surface area contributed by atoms with Gasteiger partial charge in [0.15, 0.2) is 0 Å². The Kier molecular flexibility index (Phi) is 7.32. The number of aliphatic hydroxyl groups excluding tert-OH is 1. The van der Waals surface area contributed by atoms with Gasteiger partial charge in [-0.3, -0.25) is 4.79 Å². The van der Waals surface area contributed by atoms with Gasteiger partial charge in [0.05, 0.1) is 0 Å². The minimum Gasteiger partial charge on any atom is -0.480 e. The molecule has 22 heavy (non-hydrogen) atoms. The lowest BCUT2D eigenvalue weighted by Gasteiger charge is -2.17.